The lowest BCUT2D eigenvalue weighted by molar-refractivity contribution is 0.204. The van der Waals surface area contributed by atoms with Crippen LogP contribution in [-0.4, -0.2) is 32.2 Å². The van der Waals surface area contributed by atoms with Crippen LogP contribution in [0.5, 0.6) is 0 Å². The van der Waals surface area contributed by atoms with E-state index < -0.39 is 0 Å². The van der Waals surface area contributed by atoms with Crippen molar-refractivity contribution in [2.75, 3.05) is 11.5 Å². The number of para-hydroxylation sites is 1. The van der Waals surface area contributed by atoms with E-state index in [0.717, 1.165) is 18.7 Å². The number of anilines is 1. The summed E-state index contributed by atoms with van der Waals surface area (Å²) in [6.45, 7) is 5.69. The molecule has 1 aromatic heterocycles. The van der Waals surface area contributed by atoms with E-state index in [1.54, 1.807) is 4.80 Å². The van der Waals surface area contributed by atoms with Crippen molar-refractivity contribution in [1.82, 2.24) is 15.0 Å². The molecule has 0 aliphatic carbocycles. The number of benzene rings is 1. The van der Waals surface area contributed by atoms with Gasteiger partial charge in [-0.05, 0) is 31.9 Å². The predicted octanol–water partition coefficient (Wildman–Crippen LogP) is 1.61. The van der Waals surface area contributed by atoms with Crippen molar-refractivity contribution in [1.29, 1.82) is 0 Å². The summed E-state index contributed by atoms with van der Waals surface area (Å²) in [4.78, 5) is 3.93. The highest BCUT2D eigenvalue weighted by atomic mass is 16.3. The second kappa shape index (κ2) is 4.90. The molecular formula is C15H20N4O. The van der Waals surface area contributed by atoms with Gasteiger partial charge in [-0.3, -0.25) is 0 Å². The maximum absolute atomic E-state index is 9.81. The van der Waals surface area contributed by atoms with Gasteiger partial charge in [-0.2, -0.15) is 15.0 Å². The van der Waals surface area contributed by atoms with Crippen LogP contribution in [0.3, 0.4) is 0 Å². The van der Waals surface area contributed by atoms with E-state index in [4.69, 9.17) is 0 Å². The Bertz CT molecular complexity index is 609. The minimum atomic E-state index is -0.264. The number of hydrogen-bond acceptors (Lipinski definition) is 4. The van der Waals surface area contributed by atoms with Gasteiger partial charge in [0.05, 0.1) is 31.4 Å². The first kappa shape index (κ1) is 13.1. The molecule has 1 aliphatic heterocycles. The average Bonchev–Trinajstić information content (AvgIpc) is 3.03. The topological polar surface area (TPSA) is 54.2 Å². The monoisotopic (exact) mass is 272 g/mol. The summed E-state index contributed by atoms with van der Waals surface area (Å²) >= 11 is 0. The van der Waals surface area contributed by atoms with Gasteiger partial charge in [-0.1, -0.05) is 18.2 Å². The number of nitrogens with zero attached hydrogens (tertiary/aromatic N) is 4. The molecule has 5 nitrogen and oxygen atoms in total. The quantitative estimate of drug-likeness (QED) is 0.919. The van der Waals surface area contributed by atoms with Gasteiger partial charge < -0.3 is 10.0 Å². The first-order chi connectivity index (χ1) is 9.66. The molecule has 0 radical (unpaired) electrons. The van der Waals surface area contributed by atoms with Gasteiger partial charge in [-0.25, -0.2) is 0 Å². The van der Waals surface area contributed by atoms with E-state index in [1.807, 2.05) is 25.3 Å². The minimum absolute atomic E-state index is 0.129. The molecule has 1 N–H and O–H groups in total. The number of aliphatic hydroxyl groups excluding tert-OH is 1. The molecule has 3 rings (SSSR count). The summed E-state index contributed by atoms with van der Waals surface area (Å²) < 4.78 is 0. The summed E-state index contributed by atoms with van der Waals surface area (Å²) in [6, 6.07) is 8.33. The number of aryl methyl sites for hydroxylation is 1. The van der Waals surface area contributed by atoms with Gasteiger partial charge in [0.1, 0.15) is 5.69 Å². The molecule has 0 amide bonds. The Kier molecular flexibility index (Phi) is 3.22. The van der Waals surface area contributed by atoms with Crippen LogP contribution in [-0.2, 0) is 19.5 Å². The molecular weight excluding hydrogens is 252 g/mol. The molecule has 0 saturated heterocycles. The van der Waals surface area contributed by atoms with E-state index in [9.17, 15) is 5.11 Å². The van der Waals surface area contributed by atoms with Crippen LogP contribution in [0, 0.1) is 0 Å². The SMILES string of the molecule is CCn1ncc(CN2c3ccccc3CC2(C)CO)n1. The van der Waals surface area contributed by atoms with Gasteiger partial charge in [0.15, 0.2) is 0 Å². The first-order valence-electron chi connectivity index (χ1n) is 7.02. The fraction of sp³-hybridized carbons (Fsp3) is 0.467. The third-order valence-corrected chi connectivity index (χ3v) is 4.03. The van der Waals surface area contributed by atoms with E-state index >= 15 is 0 Å². The van der Waals surface area contributed by atoms with Crippen molar-refractivity contribution in [3.8, 4) is 0 Å². The van der Waals surface area contributed by atoms with Crippen LogP contribution in [0.4, 0.5) is 5.69 Å². The van der Waals surface area contributed by atoms with Crippen molar-refractivity contribution >= 4 is 5.69 Å². The second-order valence-corrected chi connectivity index (χ2v) is 5.57. The Labute approximate surface area is 118 Å². The highest BCUT2D eigenvalue weighted by Crippen LogP contribution is 2.39. The molecule has 20 heavy (non-hydrogen) atoms. The lowest BCUT2D eigenvalue weighted by Gasteiger charge is -2.35. The lowest BCUT2D eigenvalue weighted by Crippen LogP contribution is -2.46. The molecule has 106 valence electrons. The van der Waals surface area contributed by atoms with Crippen LogP contribution in [0.15, 0.2) is 30.5 Å². The molecule has 2 aromatic rings. The zero-order valence-corrected chi connectivity index (χ0v) is 12.0. The lowest BCUT2D eigenvalue weighted by atomic mass is 9.98. The average molecular weight is 272 g/mol. The highest BCUT2D eigenvalue weighted by Gasteiger charge is 2.39. The zero-order chi connectivity index (χ0) is 14.2. The third-order valence-electron chi connectivity index (χ3n) is 4.03. The molecule has 1 unspecified atom stereocenters. The smallest absolute Gasteiger partial charge is 0.102 e. The number of hydrogen-bond donors (Lipinski definition) is 1. The van der Waals surface area contributed by atoms with Crippen LogP contribution >= 0.6 is 0 Å². The van der Waals surface area contributed by atoms with Gasteiger partial charge in [-0.15, -0.1) is 0 Å². The van der Waals surface area contributed by atoms with Crippen LogP contribution in [0.2, 0.25) is 0 Å². The Hall–Kier alpha value is -1.88. The van der Waals surface area contributed by atoms with E-state index in [1.165, 1.54) is 11.3 Å². The Morgan fingerprint density at radius 2 is 2.15 bits per heavy atom. The molecule has 0 spiro atoms. The highest BCUT2D eigenvalue weighted by molar-refractivity contribution is 5.61. The van der Waals surface area contributed by atoms with Gasteiger partial charge >= 0.3 is 0 Å². The summed E-state index contributed by atoms with van der Waals surface area (Å²) in [6.07, 6.45) is 2.67. The molecule has 1 aromatic carbocycles. The van der Waals surface area contributed by atoms with Crippen molar-refractivity contribution in [2.45, 2.75) is 38.9 Å². The fourth-order valence-electron chi connectivity index (χ4n) is 2.86. The zero-order valence-electron chi connectivity index (χ0n) is 12.0. The van der Waals surface area contributed by atoms with Gasteiger partial charge in [0, 0.05) is 5.69 Å². The van der Waals surface area contributed by atoms with Crippen LogP contribution in [0.25, 0.3) is 0 Å². The fourth-order valence-corrected chi connectivity index (χ4v) is 2.86. The largest absolute Gasteiger partial charge is 0.394 e. The maximum atomic E-state index is 9.81. The second-order valence-electron chi connectivity index (χ2n) is 5.57. The summed E-state index contributed by atoms with van der Waals surface area (Å²) in [5.74, 6) is 0. The summed E-state index contributed by atoms with van der Waals surface area (Å²) in [5, 5.41) is 18.5. The molecule has 1 atom stereocenters. The van der Waals surface area contributed by atoms with Crippen molar-refractivity contribution in [2.24, 2.45) is 0 Å². The summed E-state index contributed by atoms with van der Waals surface area (Å²) in [5.41, 5.74) is 3.14. The molecule has 0 fully saturated rings. The van der Waals surface area contributed by atoms with E-state index in [-0.39, 0.29) is 12.1 Å². The minimum Gasteiger partial charge on any atom is -0.394 e. The molecule has 1 aliphatic rings. The Morgan fingerprint density at radius 1 is 1.35 bits per heavy atom. The summed E-state index contributed by atoms with van der Waals surface area (Å²) in [7, 11) is 0. The van der Waals surface area contributed by atoms with Crippen molar-refractivity contribution in [3.05, 3.63) is 41.7 Å². The number of aromatic nitrogens is 3. The van der Waals surface area contributed by atoms with Gasteiger partial charge in [0.25, 0.3) is 0 Å². The predicted molar refractivity (Wildman–Crippen MR) is 77.5 cm³/mol. The van der Waals surface area contributed by atoms with Crippen molar-refractivity contribution < 1.29 is 5.11 Å². The maximum Gasteiger partial charge on any atom is 0.102 e. The first-order valence-corrected chi connectivity index (χ1v) is 7.02. The Balaban J connectivity index is 1.92. The normalized spacial score (nSPS) is 21.2. The number of fused-ring (bicyclic) bond motifs is 1. The molecule has 5 heteroatoms. The molecule has 0 saturated carbocycles. The van der Waals surface area contributed by atoms with Gasteiger partial charge in [0.2, 0.25) is 0 Å². The Morgan fingerprint density at radius 3 is 2.85 bits per heavy atom. The van der Waals surface area contributed by atoms with E-state index in [2.05, 4.69) is 34.2 Å². The van der Waals surface area contributed by atoms with Crippen LogP contribution in [0.1, 0.15) is 25.1 Å². The third kappa shape index (κ3) is 2.08. The number of rotatable bonds is 4. The molecule has 0 bridgehead atoms. The van der Waals surface area contributed by atoms with Crippen molar-refractivity contribution in [3.63, 3.8) is 0 Å². The molecule has 2 heterocycles. The van der Waals surface area contributed by atoms with E-state index in [0.29, 0.717) is 6.54 Å². The standard InChI is InChI=1S/C15H20N4O/c1-3-19-16-9-13(17-19)10-18-14-7-5-4-6-12(14)8-15(18,2)11-20/h4-7,9,20H,3,8,10-11H2,1-2H3. The van der Waals surface area contributed by atoms with Crippen LogP contribution < -0.4 is 4.90 Å². The number of aliphatic hydroxyl groups is 1.